The summed E-state index contributed by atoms with van der Waals surface area (Å²) < 4.78 is 13.2. The number of phenols is 1. The SMILES string of the molecule is CC1C(=O)NC(CCCN=C(N)N)C(=O)NC(Cc2ccc3ccccc3c2)C(=O)NCC(=O)NC(Cc2ccc(O)cc2)C(=O)N1CCCCCCCNC(=O)c1ccc(F)cc1. The summed E-state index contributed by atoms with van der Waals surface area (Å²) in [6.45, 7) is 1.75. The smallest absolute Gasteiger partial charge is 0.251 e. The molecule has 16 nitrogen and oxygen atoms in total. The number of hydrogen-bond acceptors (Lipinski definition) is 8. The van der Waals surface area contributed by atoms with Gasteiger partial charge in [-0.25, -0.2) is 4.39 Å². The second-order valence-corrected chi connectivity index (χ2v) is 15.9. The Morgan fingerprint density at radius 3 is 2.14 bits per heavy atom. The number of rotatable bonds is 17. The molecule has 6 amide bonds. The molecule has 1 heterocycles. The first kappa shape index (κ1) is 48.0. The lowest BCUT2D eigenvalue weighted by atomic mass is 10.0. The van der Waals surface area contributed by atoms with Gasteiger partial charge in [0.25, 0.3) is 5.91 Å². The Morgan fingerprint density at radius 2 is 1.41 bits per heavy atom. The fourth-order valence-corrected chi connectivity index (χ4v) is 7.43. The van der Waals surface area contributed by atoms with Crippen LogP contribution in [0.25, 0.3) is 10.8 Å². The maximum atomic E-state index is 14.6. The van der Waals surface area contributed by atoms with Crippen LogP contribution in [0.15, 0.2) is 96.0 Å². The molecule has 4 unspecified atom stereocenters. The zero-order valence-corrected chi connectivity index (χ0v) is 36.0. The van der Waals surface area contributed by atoms with E-state index < -0.39 is 66.1 Å². The van der Waals surface area contributed by atoms with Crippen LogP contribution in [0.1, 0.15) is 73.4 Å². The summed E-state index contributed by atoms with van der Waals surface area (Å²) in [5.74, 6) is -4.00. The van der Waals surface area contributed by atoms with Crippen molar-refractivity contribution in [2.45, 2.75) is 88.9 Å². The second-order valence-electron chi connectivity index (χ2n) is 15.9. The Labute approximate surface area is 371 Å². The number of halogens is 1. The molecule has 1 aliphatic rings. The molecule has 4 atom stereocenters. The van der Waals surface area contributed by atoms with Crippen LogP contribution in [0.5, 0.6) is 5.75 Å². The summed E-state index contributed by atoms with van der Waals surface area (Å²) in [7, 11) is 0. The number of nitrogens with zero attached hydrogens (tertiary/aromatic N) is 2. The number of aliphatic imine (C=N–C) groups is 1. The van der Waals surface area contributed by atoms with Crippen LogP contribution >= 0.6 is 0 Å². The molecule has 0 saturated carbocycles. The minimum atomic E-state index is -1.18. The standard InChI is InChI=1S/C47H58FN9O7/c1-30-42(60)55-38(12-9-24-52-47(49)50)45(63)56-39(28-32-13-16-33-10-5-6-11-35(33)26-32)44(62)53-29-41(59)54-40(27-31-14-21-37(58)22-15-31)46(64)57(30)25-8-4-2-3-7-23-51-43(61)34-17-19-36(48)20-18-34/h5-6,10-11,13-22,26,30,38-40,58H,2-4,7-9,12,23-25,27-29H2,1H3,(H,51,61)(H,53,62)(H,54,59)(H,55,60)(H,56,63)(H4,49,50,52). The number of fused-ring (bicyclic) bond motifs is 1. The highest BCUT2D eigenvalue weighted by atomic mass is 19.1. The van der Waals surface area contributed by atoms with Crippen molar-refractivity contribution in [3.05, 3.63) is 114 Å². The number of carbonyl (C=O) groups is 6. The van der Waals surface area contributed by atoms with Crippen molar-refractivity contribution in [3.8, 4) is 5.75 Å². The van der Waals surface area contributed by atoms with Crippen LogP contribution in [-0.2, 0) is 36.8 Å². The summed E-state index contributed by atoms with van der Waals surface area (Å²) in [4.78, 5) is 88.2. The quantitative estimate of drug-likeness (QED) is 0.0441. The summed E-state index contributed by atoms with van der Waals surface area (Å²) in [5.41, 5.74) is 12.8. The first-order chi connectivity index (χ1) is 30.8. The van der Waals surface area contributed by atoms with E-state index in [1.165, 1.54) is 41.3 Å². The number of phenolic OH excluding ortho intramolecular Hbond substituents is 1. The Bertz CT molecular complexity index is 2270. The number of aromatic hydroxyl groups is 1. The van der Waals surface area contributed by atoms with Gasteiger partial charge in [0.15, 0.2) is 5.96 Å². The zero-order valence-electron chi connectivity index (χ0n) is 36.0. The first-order valence-corrected chi connectivity index (χ1v) is 21.6. The van der Waals surface area contributed by atoms with Crippen LogP contribution in [0.3, 0.4) is 0 Å². The Hall–Kier alpha value is -7.04. The van der Waals surface area contributed by atoms with E-state index in [1.54, 1.807) is 19.1 Å². The number of benzene rings is 4. The number of amides is 6. The number of hydrogen-bond donors (Lipinski definition) is 8. The number of nitrogens with two attached hydrogens (primary N) is 2. The van der Waals surface area contributed by atoms with Crippen LogP contribution in [-0.4, -0.2) is 102 Å². The molecule has 64 heavy (non-hydrogen) atoms. The third-order valence-corrected chi connectivity index (χ3v) is 11.0. The van der Waals surface area contributed by atoms with E-state index in [4.69, 9.17) is 11.5 Å². The summed E-state index contributed by atoms with van der Waals surface area (Å²) >= 11 is 0. The van der Waals surface area contributed by atoms with Crippen molar-refractivity contribution >= 4 is 52.2 Å². The molecule has 4 aromatic rings. The molecule has 5 rings (SSSR count). The topological polar surface area (TPSA) is 250 Å². The van der Waals surface area contributed by atoms with Gasteiger partial charge in [-0.2, -0.15) is 0 Å². The number of guanidine groups is 1. The van der Waals surface area contributed by atoms with E-state index in [0.29, 0.717) is 36.9 Å². The number of carbonyl (C=O) groups excluding carboxylic acids is 6. The Balaban J connectivity index is 1.35. The molecule has 17 heteroatoms. The van der Waals surface area contributed by atoms with Crippen molar-refractivity contribution in [1.82, 2.24) is 31.5 Å². The molecule has 0 aromatic heterocycles. The summed E-state index contributed by atoms with van der Waals surface area (Å²) in [5, 5.41) is 25.7. The fraction of sp³-hybridized carbons (Fsp3) is 0.383. The van der Waals surface area contributed by atoms with Crippen molar-refractivity contribution in [2.75, 3.05) is 26.2 Å². The third-order valence-electron chi connectivity index (χ3n) is 11.0. The molecule has 0 spiro atoms. The largest absolute Gasteiger partial charge is 0.508 e. The van der Waals surface area contributed by atoms with E-state index in [-0.39, 0.29) is 56.4 Å². The van der Waals surface area contributed by atoms with Gasteiger partial charge in [-0.1, -0.05) is 73.9 Å². The van der Waals surface area contributed by atoms with Gasteiger partial charge in [-0.3, -0.25) is 33.8 Å². The van der Waals surface area contributed by atoms with Crippen molar-refractivity contribution in [1.29, 1.82) is 0 Å². The van der Waals surface area contributed by atoms with Crippen LogP contribution in [0, 0.1) is 5.82 Å². The van der Waals surface area contributed by atoms with Crippen LogP contribution in [0.2, 0.25) is 0 Å². The van der Waals surface area contributed by atoms with Gasteiger partial charge in [-0.05, 0) is 90.9 Å². The predicted molar refractivity (Wildman–Crippen MR) is 241 cm³/mol. The first-order valence-electron chi connectivity index (χ1n) is 21.6. The fourth-order valence-electron chi connectivity index (χ4n) is 7.43. The van der Waals surface area contributed by atoms with E-state index in [9.17, 15) is 38.3 Å². The van der Waals surface area contributed by atoms with E-state index in [0.717, 1.165) is 29.2 Å². The molecule has 1 saturated heterocycles. The molecule has 0 bridgehead atoms. The van der Waals surface area contributed by atoms with E-state index >= 15 is 0 Å². The monoisotopic (exact) mass is 879 g/mol. The highest BCUT2D eigenvalue weighted by molar-refractivity contribution is 5.97. The zero-order chi connectivity index (χ0) is 46.0. The maximum Gasteiger partial charge on any atom is 0.251 e. The Kier molecular flexibility index (Phi) is 18.0. The lowest BCUT2D eigenvalue weighted by molar-refractivity contribution is -0.143. The third kappa shape index (κ3) is 14.8. The molecule has 0 radical (unpaired) electrons. The number of nitrogens with one attached hydrogen (secondary N) is 5. The maximum absolute atomic E-state index is 14.6. The van der Waals surface area contributed by atoms with Gasteiger partial charge in [0.1, 0.15) is 35.7 Å². The molecular weight excluding hydrogens is 822 g/mol. The molecule has 1 aliphatic heterocycles. The van der Waals surface area contributed by atoms with Gasteiger partial charge in [0.05, 0.1) is 6.54 Å². The van der Waals surface area contributed by atoms with Gasteiger partial charge in [-0.15, -0.1) is 0 Å². The van der Waals surface area contributed by atoms with Crippen molar-refractivity contribution in [3.63, 3.8) is 0 Å². The summed E-state index contributed by atoms with van der Waals surface area (Å²) in [6, 6.07) is 20.2. The minimum absolute atomic E-state index is 0.00529. The van der Waals surface area contributed by atoms with Crippen molar-refractivity contribution in [2.24, 2.45) is 16.5 Å². The van der Waals surface area contributed by atoms with Crippen LogP contribution in [0.4, 0.5) is 4.39 Å². The normalized spacial score (nSPS) is 18.8. The minimum Gasteiger partial charge on any atom is -0.508 e. The molecule has 4 aromatic carbocycles. The summed E-state index contributed by atoms with van der Waals surface area (Å²) in [6.07, 6.45) is 3.80. The molecule has 0 aliphatic carbocycles. The van der Waals surface area contributed by atoms with Gasteiger partial charge in [0.2, 0.25) is 29.5 Å². The average molecular weight is 880 g/mol. The van der Waals surface area contributed by atoms with E-state index in [1.807, 2.05) is 42.5 Å². The molecular formula is C47H58FN9O7. The second kappa shape index (κ2) is 24.0. The number of unbranched alkanes of at least 4 members (excludes halogenated alkanes) is 4. The molecule has 10 N–H and O–H groups in total. The molecule has 1 fully saturated rings. The van der Waals surface area contributed by atoms with Gasteiger partial charge < -0.3 is 48.1 Å². The average Bonchev–Trinajstić information content (AvgIpc) is 3.28. The Morgan fingerprint density at radius 1 is 0.750 bits per heavy atom. The lowest BCUT2D eigenvalue weighted by Crippen LogP contribution is -2.58. The van der Waals surface area contributed by atoms with Crippen LogP contribution < -0.4 is 38.1 Å². The van der Waals surface area contributed by atoms with Gasteiger partial charge in [0, 0.05) is 38.0 Å². The highest BCUT2D eigenvalue weighted by Gasteiger charge is 2.35. The van der Waals surface area contributed by atoms with Crippen molar-refractivity contribution < 1.29 is 38.3 Å². The molecule has 340 valence electrons. The van der Waals surface area contributed by atoms with E-state index in [2.05, 4.69) is 31.6 Å². The lowest BCUT2D eigenvalue weighted by Gasteiger charge is -2.33. The predicted octanol–water partition coefficient (Wildman–Crippen LogP) is 2.71. The van der Waals surface area contributed by atoms with Gasteiger partial charge >= 0.3 is 0 Å². The highest BCUT2D eigenvalue weighted by Crippen LogP contribution is 2.19.